The predicted octanol–water partition coefficient (Wildman–Crippen LogP) is 3.15. The van der Waals surface area contributed by atoms with Crippen molar-refractivity contribution >= 4 is 40.7 Å². The first-order valence-electron chi connectivity index (χ1n) is 7.43. The summed E-state index contributed by atoms with van der Waals surface area (Å²) < 4.78 is 4.80. The van der Waals surface area contributed by atoms with Crippen LogP contribution in [0.2, 0.25) is 5.02 Å². The number of ether oxygens (including phenoxy) is 1. The van der Waals surface area contributed by atoms with E-state index in [1.54, 1.807) is 31.2 Å². The van der Waals surface area contributed by atoms with Crippen LogP contribution in [-0.2, 0) is 9.53 Å². The second-order valence-corrected chi connectivity index (χ2v) is 5.23. The van der Waals surface area contributed by atoms with Crippen molar-refractivity contribution in [1.82, 2.24) is 9.97 Å². The Morgan fingerprint density at radius 1 is 1.36 bits per heavy atom. The fourth-order valence-corrected chi connectivity index (χ4v) is 2.00. The van der Waals surface area contributed by atoms with Crippen molar-refractivity contribution in [1.29, 1.82) is 0 Å². The number of nitrogens with zero attached hydrogens (tertiary/aromatic N) is 3. The van der Waals surface area contributed by atoms with Crippen molar-refractivity contribution < 1.29 is 14.5 Å². The average molecular weight is 366 g/mol. The Balaban J connectivity index is 2.11. The van der Waals surface area contributed by atoms with Crippen LogP contribution < -0.4 is 10.6 Å². The van der Waals surface area contributed by atoms with Gasteiger partial charge in [-0.05, 0) is 31.2 Å². The number of nitrogens with one attached hydrogen (secondary N) is 2. The number of esters is 1. The number of hydrogen-bond donors (Lipinski definition) is 2. The number of benzene rings is 1. The Labute approximate surface area is 148 Å². The lowest BCUT2D eigenvalue weighted by Gasteiger charge is -2.09. The summed E-state index contributed by atoms with van der Waals surface area (Å²) >= 11 is 5.82. The molecule has 1 aromatic carbocycles. The maximum absolute atomic E-state index is 11.3. The van der Waals surface area contributed by atoms with Crippen molar-refractivity contribution in [2.24, 2.45) is 0 Å². The molecule has 1 aromatic heterocycles. The van der Waals surface area contributed by atoms with Crippen LogP contribution in [0.4, 0.5) is 23.1 Å². The summed E-state index contributed by atoms with van der Waals surface area (Å²) in [6, 6.07) is 6.82. The zero-order chi connectivity index (χ0) is 18.2. The summed E-state index contributed by atoms with van der Waals surface area (Å²) in [6.45, 7) is 2.13. The second kappa shape index (κ2) is 8.78. The molecule has 0 amide bonds. The number of carbonyl (C=O) groups excluding carboxylic acids is 1. The van der Waals surface area contributed by atoms with Crippen molar-refractivity contribution in [3.8, 4) is 0 Å². The van der Waals surface area contributed by atoms with E-state index in [2.05, 4.69) is 20.6 Å². The third-order valence-electron chi connectivity index (χ3n) is 2.99. The third-order valence-corrected chi connectivity index (χ3v) is 3.25. The van der Waals surface area contributed by atoms with E-state index < -0.39 is 10.9 Å². The van der Waals surface area contributed by atoms with Crippen molar-refractivity contribution in [2.75, 3.05) is 23.8 Å². The number of rotatable bonds is 8. The highest BCUT2D eigenvalue weighted by Gasteiger charge is 2.17. The number of aromatic nitrogens is 2. The summed E-state index contributed by atoms with van der Waals surface area (Å²) in [4.78, 5) is 29.8. The maximum Gasteiger partial charge on any atom is 0.329 e. The Bertz CT molecular complexity index is 754. The van der Waals surface area contributed by atoms with Crippen LogP contribution in [0.15, 0.2) is 30.5 Å². The Kier molecular flexibility index (Phi) is 6.47. The highest BCUT2D eigenvalue weighted by atomic mass is 35.5. The summed E-state index contributed by atoms with van der Waals surface area (Å²) in [6.07, 6.45) is 1.16. The van der Waals surface area contributed by atoms with Crippen LogP contribution in [-0.4, -0.2) is 34.0 Å². The molecule has 132 valence electrons. The first-order chi connectivity index (χ1) is 12.0. The van der Waals surface area contributed by atoms with E-state index in [0.717, 1.165) is 6.20 Å². The van der Waals surface area contributed by atoms with E-state index in [9.17, 15) is 14.9 Å². The molecule has 0 unspecified atom stereocenters. The molecule has 0 saturated heterocycles. The van der Waals surface area contributed by atoms with E-state index in [0.29, 0.717) is 10.7 Å². The molecule has 0 aliphatic rings. The van der Waals surface area contributed by atoms with Crippen molar-refractivity contribution in [3.05, 3.63) is 45.6 Å². The molecule has 0 aliphatic heterocycles. The van der Waals surface area contributed by atoms with Crippen LogP contribution in [0, 0.1) is 10.1 Å². The number of hydrogen-bond acceptors (Lipinski definition) is 8. The predicted molar refractivity (Wildman–Crippen MR) is 93.2 cm³/mol. The Hall–Kier alpha value is -2.94. The van der Waals surface area contributed by atoms with E-state index in [1.807, 2.05) is 0 Å². The first kappa shape index (κ1) is 18.4. The first-order valence-corrected chi connectivity index (χ1v) is 7.81. The van der Waals surface area contributed by atoms with Gasteiger partial charge in [-0.15, -0.1) is 0 Å². The topological polar surface area (TPSA) is 119 Å². The van der Waals surface area contributed by atoms with Gasteiger partial charge in [0, 0.05) is 17.3 Å². The molecule has 2 aromatic rings. The zero-order valence-corrected chi connectivity index (χ0v) is 14.1. The van der Waals surface area contributed by atoms with Crippen LogP contribution in [0.1, 0.15) is 13.3 Å². The molecule has 0 radical (unpaired) electrons. The van der Waals surface area contributed by atoms with E-state index in [-0.39, 0.29) is 37.0 Å². The minimum Gasteiger partial charge on any atom is -0.466 e. The molecule has 0 bridgehead atoms. The van der Waals surface area contributed by atoms with Crippen LogP contribution >= 0.6 is 11.6 Å². The van der Waals surface area contributed by atoms with Gasteiger partial charge in [-0.3, -0.25) is 14.9 Å². The molecule has 2 rings (SSSR count). The molecule has 0 saturated carbocycles. The van der Waals surface area contributed by atoms with Gasteiger partial charge in [0.15, 0.2) is 0 Å². The van der Waals surface area contributed by atoms with Gasteiger partial charge in [-0.25, -0.2) is 4.98 Å². The standard InChI is InChI=1S/C15H16ClN5O4/c1-2-25-13(22)7-8-17-14-12(21(23)24)9-18-15(20-14)19-11-5-3-10(16)4-6-11/h3-6,9H,2,7-8H2,1H3,(H2,17,18,19,20). The SMILES string of the molecule is CCOC(=O)CCNc1nc(Nc2ccc(Cl)cc2)ncc1[N+](=O)[O-]. The van der Waals surface area contributed by atoms with Crippen molar-refractivity contribution in [3.63, 3.8) is 0 Å². The lowest BCUT2D eigenvalue weighted by molar-refractivity contribution is -0.384. The third kappa shape index (κ3) is 5.57. The molecule has 0 spiro atoms. The van der Waals surface area contributed by atoms with Gasteiger partial charge in [-0.2, -0.15) is 4.98 Å². The van der Waals surface area contributed by atoms with Crippen LogP contribution in [0.5, 0.6) is 0 Å². The average Bonchev–Trinajstić information content (AvgIpc) is 2.57. The fourth-order valence-electron chi connectivity index (χ4n) is 1.88. The maximum atomic E-state index is 11.3. The molecule has 25 heavy (non-hydrogen) atoms. The molecule has 1 heterocycles. The minimum absolute atomic E-state index is 0.0146. The molecular formula is C15H16ClN5O4. The van der Waals surface area contributed by atoms with Gasteiger partial charge in [0.2, 0.25) is 11.8 Å². The zero-order valence-electron chi connectivity index (χ0n) is 13.4. The molecule has 0 aliphatic carbocycles. The van der Waals surface area contributed by atoms with Gasteiger partial charge in [-0.1, -0.05) is 11.6 Å². The Morgan fingerprint density at radius 2 is 2.08 bits per heavy atom. The monoisotopic (exact) mass is 365 g/mol. The van der Waals surface area contributed by atoms with E-state index in [1.165, 1.54) is 0 Å². The van der Waals surface area contributed by atoms with Crippen LogP contribution in [0.3, 0.4) is 0 Å². The molecule has 2 N–H and O–H groups in total. The fraction of sp³-hybridized carbons (Fsp3) is 0.267. The van der Waals surface area contributed by atoms with Gasteiger partial charge in [0.1, 0.15) is 6.20 Å². The van der Waals surface area contributed by atoms with Crippen LogP contribution in [0.25, 0.3) is 0 Å². The molecule has 0 atom stereocenters. The molecule has 10 heteroatoms. The highest BCUT2D eigenvalue weighted by Crippen LogP contribution is 2.24. The quantitative estimate of drug-likeness (QED) is 0.416. The highest BCUT2D eigenvalue weighted by molar-refractivity contribution is 6.30. The van der Waals surface area contributed by atoms with Gasteiger partial charge in [0.25, 0.3) is 0 Å². The summed E-state index contributed by atoms with van der Waals surface area (Å²) in [5.74, 6) is -0.210. The lowest BCUT2D eigenvalue weighted by Crippen LogP contribution is -2.13. The number of halogens is 1. The summed E-state index contributed by atoms with van der Waals surface area (Å²) in [5.41, 5.74) is 0.390. The second-order valence-electron chi connectivity index (χ2n) is 4.80. The largest absolute Gasteiger partial charge is 0.466 e. The lowest BCUT2D eigenvalue weighted by atomic mass is 10.3. The Morgan fingerprint density at radius 3 is 2.72 bits per heavy atom. The molecule has 0 fully saturated rings. The molecular weight excluding hydrogens is 350 g/mol. The summed E-state index contributed by atoms with van der Waals surface area (Å²) in [5, 5.41) is 17.4. The van der Waals surface area contributed by atoms with E-state index in [4.69, 9.17) is 16.3 Å². The minimum atomic E-state index is -0.598. The van der Waals surface area contributed by atoms with Gasteiger partial charge < -0.3 is 15.4 Å². The number of nitro groups is 1. The molecule has 9 nitrogen and oxygen atoms in total. The van der Waals surface area contributed by atoms with Crippen molar-refractivity contribution in [2.45, 2.75) is 13.3 Å². The number of carbonyl (C=O) groups is 1. The number of anilines is 3. The summed E-state index contributed by atoms with van der Waals surface area (Å²) in [7, 11) is 0. The smallest absolute Gasteiger partial charge is 0.329 e. The van der Waals surface area contributed by atoms with Gasteiger partial charge >= 0.3 is 11.7 Å². The normalized spacial score (nSPS) is 10.2. The van der Waals surface area contributed by atoms with Gasteiger partial charge in [0.05, 0.1) is 18.0 Å². The van der Waals surface area contributed by atoms with E-state index >= 15 is 0 Å².